The fourth-order valence-corrected chi connectivity index (χ4v) is 5.01. The number of hydrogen-bond acceptors (Lipinski definition) is 8. The summed E-state index contributed by atoms with van der Waals surface area (Å²) in [5.41, 5.74) is 0.132. The molecule has 0 unspecified atom stereocenters. The minimum atomic E-state index is -4.23. The summed E-state index contributed by atoms with van der Waals surface area (Å²) < 4.78 is 66.3. The lowest BCUT2D eigenvalue weighted by Gasteiger charge is -2.26. The molecule has 0 radical (unpaired) electrons. The van der Waals surface area contributed by atoms with E-state index in [0.29, 0.717) is 13.2 Å². The van der Waals surface area contributed by atoms with Gasteiger partial charge in [-0.05, 0) is 42.5 Å². The van der Waals surface area contributed by atoms with Gasteiger partial charge in [-0.1, -0.05) is 6.07 Å². The molecule has 2 aromatic carbocycles. The molecule has 1 saturated heterocycles. The fourth-order valence-electron chi connectivity index (χ4n) is 2.68. The Bertz CT molecular complexity index is 1090. The number of sulfonamides is 1. The van der Waals surface area contributed by atoms with E-state index < -0.39 is 26.1 Å². The number of nitrogens with zero attached hydrogens (tertiary/aromatic N) is 1. The lowest BCUT2D eigenvalue weighted by molar-refractivity contribution is 0.0600. The maximum atomic E-state index is 12.6. The summed E-state index contributed by atoms with van der Waals surface area (Å²) in [6.07, 6.45) is 0. The molecule has 0 saturated carbocycles. The van der Waals surface area contributed by atoms with Crippen LogP contribution in [0.1, 0.15) is 10.4 Å². The van der Waals surface area contributed by atoms with Crippen LogP contribution in [0.2, 0.25) is 0 Å². The van der Waals surface area contributed by atoms with Gasteiger partial charge in [0.05, 0.1) is 30.8 Å². The summed E-state index contributed by atoms with van der Waals surface area (Å²) in [4.78, 5) is 11.3. The van der Waals surface area contributed by atoms with Gasteiger partial charge in [0.1, 0.15) is 10.6 Å². The average molecular weight is 441 g/mol. The minimum absolute atomic E-state index is 0.0222. The van der Waals surface area contributed by atoms with Crippen LogP contribution in [0.15, 0.2) is 58.3 Å². The van der Waals surface area contributed by atoms with Gasteiger partial charge in [-0.25, -0.2) is 13.2 Å². The van der Waals surface area contributed by atoms with Crippen LogP contribution in [0.5, 0.6) is 5.75 Å². The second kappa shape index (κ2) is 8.49. The zero-order valence-electron chi connectivity index (χ0n) is 15.5. The van der Waals surface area contributed by atoms with Crippen LogP contribution in [0.25, 0.3) is 0 Å². The van der Waals surface area contributed by atoms with Crippen LogP contribution in [-0.2, 0) is 29.6 Å². The first-order valence-corrected chi connectivity index (χ1v) is 11.4. The van der Waals surface area contributed by atoms with Gasteiger partial charge in [0, 0.05) is 13.1 Å². The van der Waals surface area contributed by atoms with Crippen molar-refractivity contribution >= 4 is 26.1 Å². The fraction of sp³-hybridized carbons (Fsp3) is 0.278. The number of rotatable bonds is 6. The zero-order valence-corrected chi connectivity index (χ0v) is 17.1. The smallest absolute Gasteiger partial charge is 0.339 e. The number of ether oxygens (including phenoxy) is 2. The molecule has 1 aliphatic heterocycles. The molecule has 0 atom stereocenters. The monoisotopic (exact) mass is 441 g/mol. The first-order chi connectivity index (χ1) is 13.7. The van der Waals surface area contributed by atoms with E-state index in [1.54, 1.807) is 0 Å². The topological polar surface area (TPSA) is 116 Å². The average Bonchev–Trinajstić information content (AvgIpc) is 2.73. The second-order valence-electron chi connectivity index (χ2n) is 6.04. The maximum Gasteiger partial charge on any atom is 0.339 e. The van der Waals surface area contributed by atoms with Gasteiger partial charge in [-0.2, -0.15) is 12.7 Å². The third-order valence-electron chi connectivity index (χ3n) is 4.18. The van der Waals surface area contributed by atoms with Crippen LogP contribution in [0.3, 0.4) is 0 Å². The first kappa shape index (κ1) is 21.2. The number of hydrogen-bond donors (Lipinski definition) is 0. The number of methoxy groups -OCH3 is 1. The van der Waals surface area contributed by atoms with Crippen LogP contribution in [-0.4, -0.2) is 60.5 Å². The van der Waals surface area contributed by atoms with Gasteiger partial charge in [0.15, 0.2) is 0 Å². The quantitative estimate of drug-likeness (QED) is 0.486. The van der Waals surface area contributed by atoms with Crippen LogP contribution >= 0.6 is 0 Å². The highest BCUT2D eigenvalue weighted by Crippen LogP contribution is 2.23. The zero-order chi connectivity index (χ0) is 21.1. The molecule has 2 aromatic rings. The second-order valence-corrected chi connectivity index (χ2v) is 9.53. The third-order valence-corrected chi connectivity index (χ3v) is 7.36. The lowest BCUT2D eigenvalue weighted by atomic mass is 10.2. The maximum absolute atomic E-state index is 12.6. The summed E-state index contributed by atoms with van der Waals surface area (Å²) in [5.74, 6) is -0.705. The van der Waals surface area contributed by atoms with Crippen LogP contribution in [0, 0.1) is 0 Å². The number of carbonyl (C=O) groups excluding carboxylic acids is 1. The Hall–Kier alpha value is -2.47. The van der Waals surface area contributed by atoms with Crippen molar-refractivity contribution in [3.8, 4) is 5.75 Å². The molecule has 1 fully saturated rings. The lowest BCUT2D eigenvalue weighted by Crippen LogP contribution is -2.40. The minimum Gasteiger partial charge on any atom is -0.465 e. The Labute approximate surface area is 169 Å². The Morgan fingerprint density at radius 1 is 0.966 bits per heavy atom. The molecule has 29 heavy (non-hydrogen) atoms. The van der Waals surface area contributed by atoms with Gasteiger partial charge < -0.3 is 13.7 Å². The summed E-state index contributed by atoms with van der Waals surface area (Å²) in [6.45, 7) is 1.10. The Balaban J connectivity index is 1.81. The molecule has 1 aliphatic rings. The summed E-state index contributed by atoms with van der Waals surface area (Å²) >= 11 is 0. The molecule has 1 heterocycles. The highest BCUT2D eigenvalue weighted by Gasteiger charge is 2.27. The molecule has 3 rings (SSSR count). The van der Waals surface area contributed by atoms with Crippen LogP contribution < -0.4 is 4.18 Å². The van der Waals surface area contributed by atoms with Crippen molar-refractivity contribution in [1.29, 1.82) is 0 Å². The summed E-state index contributed by atoms with van der Waals surface area (Å²) in [6, 6.07) is 10.3. The normalized spacial score (nSPS) is 15.6. The molecule has 0 aromatic heterocycles. The molecular weight excluding hydrogens is 422 g/mol. The van der Waals surface area contributed by atoms with E-state index in [-0.39, 0.29) is 34.2 Å². The summed E-state index contributed by atoms with van der Waals surface area (Å²) in [7, 11) is -6.76. The van der Waals surface area contributed by atoms with E-state index in [1.165, 1.54) is 47.8 Å². The Kier molecular flexibility index (Phi) is 6.22. The number of carbonyl (C=O) groups is 1. The molecule has 0 spiro atoms. The van der Waals surface area contributed by atoms with E-state index in [1.807, 2.05) is 0 Å². The molecule has 0 amide bonds. The Morgan fingerprint density at radius 3 is 2.21 bits per heavy atom. The van der Waals surface area contributed by atoms with Crippen molar-refractivity contribution in [2.45, 2.75) is 9.79 Å². The van der Waals surface area contributed by atoms with Gasteiger partial charge in [0.2, 0.25) is 10.0 Å². The summed E-state index contributed by atoms with van der Waals surface area (Å²) in [5, 5.41) is 0. The molecular formula is C18H19NO8S2. The van der Waals surface area contributed by atoms with Crippen molar-refractivity contribution in [3.63, 3.8) is 0 Å². The van der Waals surface area contributed by atoms with Crippen molar-refractivity contribution in [2.24, 2.45) is 0 Å². The van der Waals surface area contributed by atoms with Crippen molar-refractivity contribution in [2.75, 3.05) is 33.4 Å². The standard InChI is InChI=1S/C18H19NO8S2/c1-25-18(20)14-3-2-4-15(13-14)27-29(23,24)17-7-5-16(6-8-17)28(21,22)19-9-11-26-12-10-19/h2-8,13H,9-12H2,1H3. The van der Waals surface area contributed by atoms with E-state index in [4.69, 9.17) is 8.92 Å². The number of esters is 1. The van der Waals surface area contributed by atoms with E-state index in [2.05, 4.69) is 4.74 Å². The van der Waals surface area contributed by atoms with Crippen molar-refractivity contribution < 1.29 is 35.3 Å². The van der Waals surface area contributed by atoms with Gasteiger partial charge in [-0.3, -0.25) is 0 Å². The van der Waals surface area contributed by atoms with E-state index >= 15 is 0 Å². The highest BCUT2D eigenvalue weighted by molar-refractivity contribution is 7.89. The molecule has 156 valence electrons. The van der Waals surface area contributed by atoms with Gasteiger partial charge in [-0.15, -0.1) is 0 Å². The van der Waals surface area contributed by atoms with Crippen LogP contribution in [0.4, 0.5) is 0 Å². The van der Waals surface area contributed by atoms with E-state index in [0.717, 1.165) is 12.1 Å². The SMILES string of the molecule is COC(=O)c1cccc(OS(=O)(=O)c2ccc(S(=O)(=O)N3CCOCC3)cc2)c1. The molecule has 9 nitrogen and oxygen atoms in total. The highest BCUT2D eigenvalue weighted by atomic mass is 32.2. The largest absolute Gasteiger partial charge is 0.465 e. The van der Waals surface area contributed by atoms with Gasteiger partial charge in [0.25, 0.3) is 0 Å². The third kappa shape index (κ3) is 4.75. The van der Waals surface area contributed by atoms with Crippen molar-refractivity contribution in [1.82, 2.24) is 4.31 Å². The molecule has 0 aliphatic carbocycles. The predicted octanol–water partition coefficient (Wildman–Crippen LogP) is 1.26. The first-order valence-electron chi connectivity index (χ1n) is 8.55. The molecule has 0 N–H and O–H groups in total. The van der Waals surface area contributed by atoms with E-state index in [9.17, 15) is 21.6 Å². The predicted molar refractivity (Wildman–Crippen MR) is 102 cm³/mol. The van der Waals surface area contributed by atoms with Crippen molar-refractivity contribution in [3.05, 3.63) is 54.1 Å². The number of benzene rings is 2. The Morgan fingerprint density at radius 2 is 1.59 bits per heavy atom. The molecule has 0 bridgehead atoms. The molecule has 11 heteroatoms. The van der Waals surface area contributed by atoms with Gasteiger partial charge >= 0.3 is 16.1 Å². The number of morpholine rings is 1.